The third-order valence-electron chi connectivity index (χ3n) is 1.43. The summed E-state index contributed by atoms with van der Waals surface area (Å²) in [5.74, 6) is 0. The molecule has 0 unspecified atom stereocenters. The summed E-state index contributed by atoms with van der Waals surface area (Å²) in [6, 6.07) is 0. The van der Waals surface area contributed by atoms with Crippen LogP contribution in [0.5, 0.6) is 5.06 Å². The molecule has 0 spiro atoms. The van der Waals surface area contributed by atoms with Crippen LogP contribution in [-0.2, 0) is 7.05 Å². The molecule has 6 heteroatoms. The van der Waals surface area contributed by atoms with Gasteiger partial charge in [-0.1, -0.05) is 0 Å². The van der Waals surface area contributed by atoms with Crippen molar-refractivity contribution in [3.63, 3.8) is 0 Å². The highest BCUT2D eigenvalue weighted by atomic mass is 32.1. The number of carboxylic acid groups (broad SMARTS) is 1. The van der Waals surface area contributed by atoms with Crippen molar-refractivity contribution in [3.05, 3.63) is 15.4 Å². The predicted octanol–water partition coefficient (Wildman–Crippen LogP) is 0.812. The third kappa shape index (κ3) is 1.48. The van der Waals surface area contributed by atoms with E-state index < -0.39 is 6.16 Å². The molecule has 0 saturated heterocycles. The van der Waals surface area contributed by atoms with Crippen LogP contribution in [0.1, 0.15) is 5.69 Å². The van der Waals surface area contributed by atoms with Gasteiger partial charge in [0, 0.05) is 7.05 Å². The second-order valence-electron chi connectivity index (χ2n) is 2.17. The van der Waals surface area contributed by atoms with Gasteiger partial charge in [0.25, 0.3) is 0 Å². The van der Waals surface area contributed by atoms with Crippen molar-refractivity contribution in [2.24, 2.45) is 7.05 Å². The Morgan fingerprint density at radius 2 is 2.25 bits per heavy atom. The summed E-state index contributed by atoms with van der Waals surface area (Å²) >= 11 is 0.774. The zero-order valence-electron chi connectivity index (χ0n) is 6.53. The molecule has 12 heavy (non-hydrogen) atoms. The Labute approximate surface area is 71.8 Å². The number of hydrogen-bond donors (Lipinski definition) is 1. The van der Waals surface area contributed by atoms with Gasteiger partial charge in [-0.15, -0.1) is 0 Å². The summed E-state index contributed by atoms with van der Waals surface area (Å²) in [6.45, 7) is 1.62. The lowest BCUT2D eigenvalue weighted by Gasteiger charge is -1.96. The van der Waals surface area contributed by atoms with Crippen molar-refractivity contribution in [2.75, 3.05) is 0 Å². The van der Waals surface area contributed by atoms with Crippen LogP contribution in [0.25, 0.3) is 0 Å². The Hall–Kier alpha value is -1.30. The topological polar surface area (TPSA) is 68.5 Å². The lowest BCUT2D eigenvalue weighted by atomic mass is 10.5. The Morgan fingerprint density at radius 3 is 2.58 bits per heavy atom. The summed E-state index contributed by atoms with van der Waals surface area (Å²) < 4.78 is 5.70. The number of hydrogen-bond acceptors (Lipinski definition) is 4. The number of rotatable bonds is 1. The highest BCUT2D eigenvalue weighted by molar-refractivity contribution is 7.11. The maximum atomic E-state index is 11.0. The minimum Gasteiger partial charge on any atom is -0.449 e. The van der Waals surface area contributed by atoms with Crippen LogP contribution in [0.3, 0.4) is 0 Å². The Bertz CT molecular complexity index is 364. The molecule has 0 aliphatic rings. The molecule has 0 atom stereocenters. The van der Waals surface area contributed by atoms with Crippen LogP contribution in [-0.4, -0.2) is 15.8 Å². The molecular weight excluding hydrogens is 182 g/mol. The molecule has 66 valence electrons. The number of thiazole rings is 1. The van der Waals surface area contributed by atoms with Gasteiger partial charge < -0.3 is 14.4 Å². The molecule has 1 aromatic heterocycles. The van der Waals surface area contributed by atoms with Crippen molar-refractivity contribution < 1.29 is 14.6 Å². The van der Waals surface area contributed by atoms with Crippen molar-refractivity contribution in [1.82, 2.24) is 4.57 Å². The SMILES string of the molecule is Cc1c(OC(=O)O)sc(=O)n1C. The monoisotopic (exact) mass is 189 g/mol. The first kappa shape index (κ1) is 8.79. The van der Waals surface area contributed by atoms with Crippen LogP contribution in [0.2, 0.25) is 0 Å². The van der Waals surface area contributed by atoms with Crippen molar-refractivity contribution in [2.45, 2.75) is 6.92 Å². The number of carbonyl (C=O) groups is 1. The van der Waals surface area contributed by atoms with E-state index in [1.165, 1.54) is 4.57 Å². The molecule has 1 aromatic rings. The van der Waals surface area contributed by atoms with E-state index in [0.29, 0.717) is 5.69 Å². The zero-order chi connectivity index (χ0) is 9.30. The van der Waals surface area contributed by atoms with E-state index in [2.05, 4.69) is 4.74 Å². The molecule has 0 aliphatic carbocycles. The molecule has 0 aromatic carbocycles. The van der Waals surface area contributed by atoms with E-state index in [4.69, 9.17) is 5.11 Å². The van der Waals surface area contributed by atoms with Gasteiger partial charge in [-0.2, -0.15) is 0 Å². The molecule has 5 nitrogen and oxygen atoms in total. The van der Waals surface area contributed by atoms with Gasteiger partial charge in [0.15, 0.2) is 0 Å². The average molecular weight is 189 g/mol. The first-order valence-corrected chi connectivity index (χ1v) is 3.91. The molecule has 1 N–H and O–H groups in total. The fraction of sp³-hybridized carbons (Fsp3) is 0.333. The van der Waals surface area contributed by atoms with Gasteiger partial charge >= 0.3 is 11.0 Å². The van der Waals surface area contributed by atoms with Crippen molar-refractivity contribution >= 4 is 17.5 Å². The molecule has 0 saturated carbocycles. The first-order valence-electron chi connectivity index (χ1n) is 3.09. The molecule has 0 fully saturated rings. The molecule has 0 radical (unpaired) electrons. The molecule has 1 rings (SSSR count). The van der Waals surface area contributed by atoms with Crippen LogP contribution < -0.4 is 9.61 Å². The summed E-state index contributed by atoms with van der Waals surface area (Å²) in [6.07, 6.45) is -1.40. The van der Waals surface area contributed by atoms with E-state index in [1.54, 1.807) is 14.0 Å². The molecule has 0 aliphatic heterocycles. The second-order valence-corrected chi connectivity index (χ2v) is 3.09. The van der Waals surface area contributed by atoms with E-state index in [-0.39, 0.29) is 9.94 Å². The van der Waals surface area contributed by atoms with Crippen LogP contribution in [0.4, 0.5) is 4.79 Å². The first-order chi connectivity index (χ1) is 5.52. The summed E-state index contributed by atoms with van der Waals surface area (Å²) in [4.78, 5) is 20.8. The summed E-state index contributed by atoms with van der Waals surface area (Å²) in [5.41, 5.74) is 0.521. The van der Waals surface area contributed by atoms with Gasteiger partial charge in [0.2, 0.25) is 5.06 Å². The van der Waals surface area contributed by atoms with Gasteiger partial charge in [-0.05, 0) is 18.3 Å². The maximum Gasteiger partial charge on any atom is 0.512 e. The van der Waals surface area contributed by atoms with E-state index >= 15 is 0 Å². The molecule has 1 heterocycles. The quantitative estimate of drug-likeness (QED) is 0.664. The minimum absolute atomic E-state index is 0.134. The van der Waals surface area contributed by atoms with Gasteiger partial charge in [-0.3, -0.25) is 4.79 Å². The van der Waals surface area contributed by atoms with Crippen LogP contribution in [0, 0.1) is 6.92 Å². The van der Waals surface area contributed by atoms with Gasteiger partial charge in [-0.25, -0.2) is 4.79 Å². The number of nitrogens with zero attached hydrogens (tertiary/aromatic N) is 1. The Balaban J connectivity index is 3.09. The average Bonchev–Trinajstić information content (AvgIpc) is 2.17. The lowest BCUT2D eigenvalue weighted by molar-refractivity contribution is 0.145. The summed E-state index contributed by atoms with van der Waals surface area (Å²) in [7, 11) is 1.56. The maximum absolute atomic E-state index is 11.0. The molecule has 0 bridgehead atoms. The van der Waals surface area contributed by atoms with Crippen LogP contribution in [0.15, 0.2) is 4.79 Å². The second kappa shape index (κ2) is 2.98. The lowest BCUT2D eigenvalue weighted by Crippen LogP contribution is -2.08. The molecule has 0 amide bonds. The number of ether oxygens (including phenoxy) is 1. The van der Waals surface area contributed by atoms with Gasteiger partial charge in [0.1, 0.15) is 0 Å². The van der Waals surface area contributed by atoms with E-state index in [9.17, 15) is 9.59 Å². The third-order valence-corrected chi connectivity index (χ3v) is 2.45. The Morgan fingerprint density at radius 1 is 1.67 bits per heavy atom. The fourth-order valence-corrected chi connectivity index (χ4v) is 1.50. The molecular formula is C6H7NO4S. The minimum atomic E-state index is -1.40. The largest absolute Gasteiger partial charge is 0.512 e. The summed E-state index contributed by atoms with van der Waals surface area (Å²) in [5, 5.41) is 8.40. The predicted molar refractivity (Wildman–Crippen MR) is 42.9 cm³/mol. The van der Waals surface area contributed by atoms with Crippen molar-refractivity contribution in [3.8, 4) is 5.06 Å². The smallest absolute Gasteiger partial charge is 0.449 e. The normalized spacial score (nSPS) is 9.83. The Kier molecular flexibility index (Phi) is 2.18. The highest BCUT2D eigenvalue weighted by Crippen LogP contribution is 2.20. The fourth-order valence-electron chi connectivity index (χ4n) is 0.669. The standard InChI is InChI=1S/C6H7NO4S/c1-3-4(11-6(9)10)12-5(8)7(3)2/h1-2H3,(H,9,10). The van der Waals surface area contributed by atoms with Crippen molar-refractivity contribution in [1.29, 1.82) is 0 Å². The van der Waals surface area contributed by atoms with Crippen LogP contribution >= 0.6 is 11.3 Å². The van der Waals surface area contributed by atoms with Gasteiger partial charge in [0.05, 0.1) is 5.69 Å². The van der Waals surface area contributed by atoms with E-state index in [0.717, 1.165) is 11.3 Å². The highest BCUT2D eigenvalue weighted by Gasteiger charge is 2.11. The van der Waals surface area contributed by atoms with E-state index in [1.807, 2.05) is 0 Å². The number of aromatic nitrogens is 1. The zero-order valence-corrected chi connectivity index (χ0v) is 7.34.